The van der Waals surface area contributed by atoms with Crippen LogP contribution in [0.5, 0.6) is 11.6 Å². The summed E-state index contributed by atoms with van der Waals surface area (Å²) < 4.78 is 5.42. The average molecular weight is 329 g/mol. The molecule has 9 heteroatoms. The topological polar surface area (TPSA) is 90.2 Å². The third-order valence-electron chi connectivity index (χ3n) is 2.37. The van der Waals surface area contributed by atoms with Gasteiger partial charge in [0.05, 0.1) is 9.95 Å². The first-order chi connectivity index (χ1) is 10.0. The van der Waals surface area contributed by atoms with E-state index >= 15 is 0 Å². The fraction of sp³-hybridized carbons (Fsp3) is 0.167. The molecule has 21 heavy (non-hydrogen) atoms. The Kier molecular flexibility index (Phi) is 4.77. The maximum atomic E-state index is 11.0. The first kappa shape index (κ1) is 15.3. The van der Waals surface area contributed by atoms with Crippen LogP contribution in [0.2, 0.25) is 10.0 Å². The van der Waals surface area contributed by atoms with Gasteiger partial charge in [-0.3, -0.25) is 10.1 Å². The molecule has 110 valence electrons. The summed E-state index contributed by atoms with van der Waals surface area (Å²) in [4.78, 5) is 18.2. The van der Waals surface area contributed by atoms with Crippen LogP contribution in [0.3, 0.4) is 0 Å². The molecule has 0 atom stereocenters. The number of ether oxygens (including phenoxy) is 1. The van der Waals surface area contributed by atoms with Crippen LogP contribution >= 0.6 is 23.2 Å². The van der Waals surface area contributed by atoms with E-state index in [-0.39, 0.29) is 28.3 Å². The lowest BCUT2D eigenvalue weighted by Gasteiger charge is -2.08. The molecule has 1 heterocycles. The molecule has 1 aromatic heterocycles. The quantitative estimate of drug-likeness (QED) is 0.660. The Bertz CT molecular complexity index is 682. The van der Waals surface area contributed by atoms with Gasteiger partial charge in [-0.2, -0.15) is 4.98 Å². The fourth-order valence-corrected chi connectivity index (χ4v) is 1.91. The Morgan fingerprint density at radius 3 is 2.81 bits per heavy atom. The fourth-order valence-electron chi connectivity index (χ4n) is 1.47. The zero-order valence-corrected chi connectivity index (χ0v) is 12.4. The van der Waals surface area contributed by atoms with Crippen LogP contribution in [-0.2, 0) is 0 Å². The zero-order valence-electron chi connectivity index (χ0n) is 10.8. The number of hydrogen-bond donors (Lipinski definition) is 1. The lowest BCUT2D eigenvalue weighted by molar-refractivity contribution is -0.386. The molecule has 0 amide bonds. The van der Waals surface area contributed by atoms with Crippen molar-refractivity contribution in [2.24, 2.45) is 0 Å². The first-order valence-corrected chi connectivity index (χ1v) is 6.65. The van der Waals surface area contributed by atoms with E-state index in [9.17, 15) is 10.1 Å². The van der Waals surface area contributed by atoms with E-state index in [0.29, 0.717) is 11.6 Å². The van der Waals surface area contributed by atoms with Gasteiger partial charge >= 0.3 is 11.6 Å². The number of halogens is 2. The average Bonchev–Trinajstić information content (AvgIpc) is 2.42. The predicted octanol–water partition coefficient (Wildman–Crippen LogP) is 3.92. The summed E-state index contributed by atoms with van der Waals surface area (Å²) in [6.45, 7) is 2.42. The van der Waals surface area contributed by atoms with E-state index in [4.69, 9.17) is 27.9 Å². The molecule has 2 aromatic rings. The van der Waals surface area contributed by atoms with Crippen molar-refractivity contribution >= 4 is 34.8 Å². The lowest BCUT2D eigenvalue weighted by atomic mass is 10.3. The number of rotatable bonds is 5. The molecule has 7 nitrogen and oxygen atoms in total. The van der Waals surface area contributed by atoms with E-state index in [1.165, 1.54) is 12.1 Å². The maximum absolute atomic E-state index is 11.0. The standard InChI is InChI=1S/C12H10Cl2N4O3/c1-2-15-12-16-6-9(18(19)20)11(17-12)21-10-4-3-7(13)5-8(10)14/h3-6H,2H2,1H3,(H,15,16,17). The first-order valence-electron chi connectivity index (χ1n) is 5.89. The Hall–Kier alpha value is -2.12. The van der Waals surface area contributed by atoms with E-state index in [1.807, 2.05) is 6.92 Å². The van der Waals surface area contributed by atoms with Crippen LogP contribution in [0.1, 0.15) is 6.92 Å². The molecule has 0 fully saturated rings. The van der Waals surface area contributed by atoms with E-state index < -0.39 is 4.92 Å². The predicted molar refractivity (Wildman–Crippen MR) is 79.4 cm³/mol. The van der Waals surface area contributed by atoms with Gasteiger partial charge in [0, 0.05) is 11.6 Å². The van der Waals surface area contributed by atoms with Gasteiger partial charge in [0.25, 0.3) is 0 Å². The summed E-state index contributed by atoms with van der Waals surface area (Å²) in [5, 5.41) is 14.5. The van der Waals surface area contributed by atoms with Gasteiger partial charge in [0.2, 0.25) is 5.95 Å². The molecule has 1 aromatic carbocycles. The van der Waals surface area contributed by atoms with Crippen molar-refractivity contribution in [3.05, 3.63) is 44.6 Å². The molecule has 0 bridgehead atoms. The Labute approximate surface area is 130 Å². The zero-order chi connectivity index (χ0) is 15.4. The number of benzene rings is 1. The third-order valence-corrected chi connectivity index (χ3v) is 2.90. The van der Waals surface area contributed by atoms with Crippen molar-refractivity contribution in [3.63, 3.8) is 0 Å². The highest BCUT2D eigenvalue weighted by molar-refractivity contribution is 6.35. The molecule has 2 rings (SSSR count). The van der Waals surface area contributed by atoms with Gasteiger partial charge in [-0.15, -0.1) is 0 Å². The molecule has 0 radical (unpaired) electrons. The van der Waals surface area contributed by atoms with Crippen molar-refractivity contribution in [3.8, 4) is 11.6 Å². The third kappa shape index (κ3) is 3.71. The second kappa shape index (κ2) is 6.55. The Balaban J connectivity index is 2.40. The molecule has 0 aliphatic rings. The van der Waals surface area contributed by atoms with Crippen LogP contribution in [0.25, 0.3) is 0 Å². The summed E-state index contributed by atoms with van der Waals surface area (Å²) in [7, 11) is 0. The van der Waals surface area contributed by atoms with Crippen LogP contribution in [0.15, 0.2) is 24.4 Å². The van der Waals surface area contributed by atoms with E-state index in [0.717, 1.165) is 6.20 Å². The second-order valence-electron chi connectivity index (χ2n) is 3.85. The molecule has 0 saturated carbocycles. The summed E-state index contributed by atoms with van der Waals surface area (Å²) in [5.74, 6) is 0.240. The van der Waals surface area contributed by atoms with Crippen molar-refractivity contribution < 1.29 is 9.66 Å². The largest absolute Gasteiger partial charge is 0.432 e. The summed E-state index contributed by atoms with van der Waals surface area (Å²) in [6.07, 6.45) is 1.07. The van der Waals surface area contributed by atoms with Gasteiger partial charge in [-0.25, -0.2) is 4.98 Å². The van der Waals surface area contributed by atoms with Crippen LogP contribution in [0, 0.1) is 10.1 Å². The smallest absolute Gasteiger partial charge is 0.349 e. The SMILES string of the molecule is CCNc1ncc([N+](=O)[O-])c(Oc2ccc(Cl)cc2Cl)n1. The minimum absolute atomic E-state index is 0.199. The Morgan fingerprint density at radius 2 is 2.19 bits per heavy atom. The number of anilines is 1. The minimum atomic E-state index is -0.630. The number of nitrogens with zero attached hydrogens (tertiary/aromatic N) is 3. The number of hydrogen-bond acceptors (Lipinski definition) is 6. The summed E-state index contributed by atoms with van der Waals surface area (Å²) in [5.41, 5.74) is -0.359. The molecule has 0 aliphatic heterocycles. The minimum Gasteiger partial charge on any atom is -0.432 e. The van der Waals surface area contributed by atoms with Crippen molar-refractivity contribution in [1.82, 2.24) is 9.97 Å². The van der Waals surface area contributed by atoms with Crippen LogP contribution < -0.4 is 10.1 Å². The lowest BCUT2D eigenvalue weighted by Crippen LogP contribution is -2.05. The van der Waals surface area contributed by atoms with E-state index in [2.05, 4.69) is 15.3 Å². The highest BCUT2D eigenvalue weighted by atomic mass is 35.5. The highest BCUT2D eigenvalue weighted by Gasteiger charge is 2.20. The monoisotopic (exact) mass is 328 g/mol. The van der Waals surface area contributed by atoms with Gasteiger partial charge in [-0.1, -0.05) is 23.2 Å². The molecule has 0 unspecified atom stereocenters. The van der Waals surface area contributed by atoms with Crippen LogP contribution in [0.4, 0.5) is 11.6 Å². The highest BCUT2D eigenvalue weighted by Crippen LogP contribution is 2.34. The van der Waals surface area contributed by atoms with Gasteiger partial charge in [-0.05, 0) is 25.1 Å². The van der Waals surface area contributed by atoms with Crippen molar-refractivity contribution in [1.29, 1.82) is 0 Å². The van der Waals surface area contributed by atoms with Gasteiger partial charge in [0.1, 0.15) is 11.9 Å². The number of nitro groups is 1. The molecule has 0 aliphatic carbocycles. The molecule has 0 spiro atoms. The second-order valence-corrected chi connectivity index (χ2v) is 4.69. The molecular weight excluding hydrogens is 319 g/mol. The molecular formula is C12H10Cl2N4O3. The van der Waals surface area contributed by atoms with Gasteiger partial charge < -0.3 is 10.1 Å². The summed E-state index contributed by atoms with van der Waals surface area (Å²) >= 11 is 11.8. The van der Waals surface area contributed by atoms with Crippen molar-refractivity contribution in [2.45, 2.75) is 6.92 Å². The molecule has 1 N–H and O–H groups in total. The number of nitrogens with one attached hydrogen (secondary N) is 1. The normalized spacial score (nSPS) is 10.2. The van der Waals surface area contributed by atoms with E-state index in [1.54, 1.807) is 6.07 Å². The Morgan fingerprint density at radius 1 is 1.43 bits per heavy atom. The van der Waals surface area contributed by atoms with Crippen molar-refractivity contribution in [2.75, 3.05) is 11.9 Å². The maximum Gasteiger partial charge on any atom is 0.349 e. The van der Waals surface area contributed by atoms with Crippen LogP contribution in [-0.4, -0.2) is 21.4 Å². The number of aromatic nitrogens is 2. The summed E-state index contributed by atoms with van der Waals surface area (Å²) in [6, 6.07) is 4.53. The van der Waals surface area contributed by atoms with Gasteiger partial charge in [0.15, 0.2) is 0 Å². The molecule has 0 saturated heterocycles.